The van der Waals surface area contributed by atoms with Gasteiger partial charge >= 0.3 is 5.69 Å². The van der Waals surface area contributed by atoms with E-state index in [1.165, 1.54) is 6.07 Å². The number of amides is 1. The molecule has 1 aliphatic rings. The van der Waals surface area contributed by atoms with Crippen molar-refractivity contribution in [2.75, 3.05) is 16.9 Å². The number of nitrogens with zero attached hydrogens (tertiary/aromatic N) is 2. The lowest BCUT2D eigenvalue weighted by Crippen LogP contribution is -2.40. The molecule has 0 bridgehead atoms. The van der Waals surface area contributed by atoms with Gasteiger partial charge in [0.25, 0.3) is 0 Å². The van der Waals surface area contributed by atoms with Gasteiger partial charge in [0, 0.05) is 6.54 Å². The SMILES string of the molecule is NNc1cccc(N2CCCC2C(N)=O)c1[N+](=O)[O-]. The number of rotatable bonds is 4. The highest BCUT2D eigenvalue weighted by molar-refractivity contribution is 5.87. The van der Waals surface area contributed by atoms with E-state index >= 15 is 0 Å². The minimum Gasteiger partial charge on any atom is -0.368 e. The van der Waals surface area contributed by atoms with Crippen molar-refractivity contribution in [1.82, 2.24) is 0 Å². The number of hydrogen-bond donors (Lipinski definition) is 3. The van der Waals surface area contributed by atoms with Gasteiger partial charge in [0.05, 0.1) is 4.92 Å². The van der Waals surface area contributed by atoms with Gasteiger partial charge in [0.15, 0.2) is 0 Å². The largest absolute Gasteiger partial charge is 0.368 e. The molecule has 1 heterocycles. The molecular formula is C11H15N5O3. The summed E-state index contributed by atoms with van der Waals surface area (Å²) in [5.74, 6) is 4.81. The van der Waals surface area contributed by atoms with Crippen LogP contribution >= 0.6 is 0 Å². The van der Waals surface area contributed by atoms with Crippen LogP contribution in [0.5, 0.6) is 0 Å². The number of nitrogens with one attached hydrogen (secondary N) is 1. The molecule has 0 radical (unpaired) electrons. The highest BCUT2D eigenvalue weighted by Gasteiger charge is 2.34. The maximum Gasteiger partial charge on any atom is 0.316 e. The van der Waals surface area contributed by atoms with Crippen LogP contribution in [-0.2, 0) is 4.79 Å². The average molecular weight is 265 g/mol. The van der Waals surface area contributed by atoms with E-state index in [0.717, 1.165) is 6.42 Å². The van der Waals surface area contributed by atoms with Gasteiger partial charge in [-0.05, 0) is 25.0 Å². The minimum atomic E-state index is -0.513. The smallest absolute Gasteiger partial charge is 0.316 e. The highest BCUT2D eigenvalue weighted by Crippen LogP contribution is 2.38. The average Bonchev–Trinajstić information content (AvgIpc) is 2.86. The van der Waals surface area contributed by atoms with Crippen molar-refractivity contribution in [1.29, 1.82) is 0 Å². The molecule has 0 saturated carbocycles. The number of nitrogens with two attached hydrogens (primary N) is 2. The van der Waals surface area contributed by atoms with E-state index < -0.39 is 16.9 Å². The Bertz CT molecular complexity index is 519. The number of benzene rings is 1. The normalized spacial score (nSPS) is 18.4. The summed E-state index contributed by atoms with van der Waals surface area (Å²) in [6.45, 7) is 0.558. The molecule has 5 N–H and O–H groups in total. The Labute approximate surface area is 109 Å². The van der Waals surface area contributed by atoms with Crippen molar-refractivity contribution < 1.29 is 9.72 Å². The number of carbonyl (C=O) groups is 1. The van der Waals surface area contributed by atoms with Crippen LogP contribution in [0.4, 0.5) is 17.1 Å². The molecule has 19 heavy (non-hydrogen) atoms. The number of anilines is 2. The summed E-state index contributed by atoms with van der Waals surface area (Å²) in [7, 11) is 0. The number of hydrogen-bond acceptors (Lipinski definition) is 6. The minimum absolute atomic E-state index is 0.141. The third-order valence-electron chi connectivity index (χ3n) is 3.24. The van der Waals surface area contributed by atoms with Gasteiger partial charge in [0.1, 0.15) is 17.4 Å². The van der Waals surface area contributed by atoms with Crippen LogP contribution in [0.3, 0.4) is 0 Å². The Morgan fingerprint density at radius 1 is 1.53 bits per heavy atom. The molecule has 0 aliphatic carbocycles. The van der Waals surface area contributed by atoms with Crippen molar-refractivity contribution in [2.24, 2.45) is 11.6 Å². The van der Waals surface area contributed by atoms with Gasteiger partial charge in [-0.25, -0.2) is 0 Å². The summed E-state index contributed by atoms with van der Waals surface area (Å²) in [5, 5.41) is 11.2. The summed E-state index contributed by atoms with van der Waals surface area (Å²) in [6, 6.07) is 4.25. The summed E-state index contributed by atoms with van der Waals surface area (Å²) in [5.41, 5.74) is 8.06. The van der Waals surface area contributed by atoms with Crippen LogP contribution in [-0.4, -0.2) is 23.4 Å². The molecular weight excluding hydrogens is 250 g/mol. The van der Waals surface area contributed by atoms with Crippen LogP contribution in [0.1, 0.15) is 12.8 Å². The molecule has 0 aromatic heterocycles. The van der Waals surface area contributed by atoms with Gasteiger partial charge in [-0.15, -0.1) is 0 Å². The van der Waals surface area contributed by atoms with E-state index in [2.05, 4.69) is 5.43 Å². The van der Waals surface area contributed by atoms with Gasteiger partial charge in [-0.1, -0.05) is 6.07 Å². The monoisotopic (exact) mass is 265 g/mol. The lowest BCUT2D eigenvalue weighted by Gasteiger charge is -2.24. The topological polar surface area (TPSA) is 128 Å². The van der Waals surface area contributed by atoms with Crippen LogP contribution < -0.4 is 21.9 Å². The van der Waals surface area contributed by atoms with Crippen molar-refractivity contribution in [3.63, 3.8) is 0 Å². The fourth-order valence-corrected chi connectivity index (χ4v) is 2.42. The molecule has 1 aromatic rings. The molecule has 8 nitrogen and oxygen atoms in total. The number of nitro groups is 1. The lowest BCUT2D eigenvalue weighted by atomic mass is 10.1. The predicted molar refractivity (Wildman–Crippen MR) is 70.5 cm³/mol. The van der Waals surface area contributed by atoms with Gasteiger partial charge < -0.3 is 16.1 Å². The van der Waals surface area contributed by atoms with E-state index in [4.69, 9.17) is 11.6 Å². The third-order valence-corrected chi connectivity index (χ3v) is 3.24. The Morgan fingerprint density at radius 3 is 2.84 bits per heavy atom. The van der Waals surface area contributed by atoms with Crippen molar-refractivity contribution in [3.05, 3.63) is 28.3 Å². The number of nitro benzene ring substituents is 1. The second-order valence-electron chi connectivity index (χ2n) is 4.33. The van der Waals surface area contributed by atoms with Crippen LogP contribution in [0, 0.1) is 10.1 Å². The number of primary amides is 1. The predicted octanol–water partition coefficient (Wildman–Crippen LogP) is 0.335. The molecule has 102 valence electrons. The Morgan fingerprint density at radius 2 is 2.26 bits per heavy atom. The van der Waals surface area contributed by atoms with Crippen LogP contribution in [0.2, 0.25) is 0 Å². The number of nitrogen functional groups attached to an aromatic ring is 1. The first kappa shape index (κ1) is 13.1. The Hall–Kier alpha value is -2.35. The first-order valence-corrected chi connectivity index (χ1v) is 5.86. The standard InChI is InChI=1S/C11H15N5O3/c12-11(17)9-5-2-6-15(9)8-4-1-3-7(14-13)10(8)16(18)19/h1,3-4,9,14H,2,5-6,13H2,(H2,12,17). The molecule has 1 unspecified atom stereocenters. The zero-order valence-electron chi connectivity index (χ0n) is 10.2. The lowest BCUT2D eigenvalue weighted by molar-refractivity contribution is -0.383. The number of carbonyl (C=O) groups excluding carboxylic acids is 1. The summed E-state index contributed by atoms with van der Waals surface area (Å²) < 4.78 is 0. The zero-order chi connectivity index (χ0) is 14.0. The van der Waals surface area contributed by atoms with Gasteiger partial charge in [0.2, 0.25) is 5.91 Å². The fourth-order valence-electron chi connectivity index (χ4n) is 2.42. The first-order chi connectivity index (χ1) is 9.06. The molecule has 1 aliphatic heterocycles. The second-order valence-corrected chi connectivity index (χ2v) is 4.33. The quantitative estimate of drug-likeness (QED) is 0.409. The van der Waals surface area contributed by atoms with Crippen molar-refractivity contribution in [3.8, 4) is 0 Å². The van der Waals surface area contributed by atoms with Gasteiger partial charge in [-0.2, -0.15) is 0 Å². The van der Waals surface area contributed by atoms with Crippen molar-refractivity contribution in [2.45, 2.75) is 18.9 Å². The van der Waals surface area contributed by atoms with Crippen LogP contribution in [0.25, 0.3) is 0 Å². The van der Waals surface area contributed by atoms with E-state index in [-0.39, 0.29) is 11.4 Å². The number of para-hydroxylation sites is 1. The maximum absolute atomic E-state index is 11.4. The molecule has 8 heteroatoms. The molecule has 1 fully saturated rings. The molecule has 0 spiro atoms. The van der Waals surface area contributed by atoms with E-state index in [0.29, 0.717) is 18.7 Å². The molecule has 1 saturated heterocycles. The zero-order valence-corrected chi connectivity index (χ0v) is 10.2. The first-order valence-electron chi connectivity index (χ1n) is 5.86. The third kappa shape index (κ3) is 2.29. The number of hydrazine groups is 1. The van der Waals surface area contributed by atoms with E-state index in [1.54, 1.807) is 17.0 Å². The van der Waals surface area contributed by atoms with E-state index in [1.807, 2.05) is 0 Å². The summed E-state index contributed by atoms with van der Waals surface area (Å²) >= 11 is 0. The molecule has 1 aromatic carbocycles. The fraction of sp³-hybridized carbons (Fsp3) is 0.364. The second kappa shape index (κ2) is 5.11. The van der Waals surface area contributed by atoms with E-state index in [9.17, 15) is 14.9 Å². The maximum atomic E-state index is 11.4. The van der Waals surface area contributed by atoms with Crippen LogP contribution in [0.15, 0.2) is 18.2 Å². The molecule has 1 atom stereocenters. The molecule has 2 rings (SSSR count). The Balaban J connectivity index is 2.50. The summed E-state index contributed by atoms with van der Waals surface area (Å²) in [6.07, 6.45) is 1.37. The molecule has 1 amide bonds. The Kier molecular flexibility index (Phi) is 3.52. The van der Waals surface area contributed by atoms with Crippen molar-refractivity contribution >= 4 is 23.0 Å². The van der Waals surface area contributed by atoms with Gasteiger partial charge in [-0.3, -0.25) is 20.8 Å². The highest BCUT2D eigenvalue weighted by atomic mass is 16.6. The summed E-state index contributed by atoms with van der Waals surface area (Å²) in [4.78, 5) is 23.7.